The standard InChI is InChI=1S/C15H16O2S/c1-12-8-10-15(11-9-12)18(16,17)13(2)14-6-4-3-5-7-14/h3-11,13H,1-2H3/t13-/m0/s1. The Morgan fingerprint density at radius 1 is 0.889 bits per heavy atom. The minimum absolute atomic E-state index is 0.379. The average Bonchev–Trinajstić information content (AvgIpc) is 2.39. The first-order valence-corrected chi connectivity index (χ1v) is 7.42. The molecule has 0 N–H and O–H groups in total. The lowest BCUT2D eigenvalue weighted by molar-refractivity contribution is 0.586. The van der Waals surface area contributed by atoms with E-state index in [-0.39, 0.29) is 0 Å². The van der Waals surface area contributed by atoms with Crippen molar-refractivity contribution in [3.8, 4) is 0 Å². The van der Waals surface area contributed by atoms with Crippen LogP contribution < -0.4 is 0 Å². The second-order valence-corrected chi connectivity index (χ2v) is 6.68. The van der Waals surface area contributed by atoms with E-state index in [1.165, 1.54) is 0 Å². The van der Waals surface area contributed by atoms with Crippen LogP contribution in [0.3, 0.4) is 0 Å². The minimum atomic E-state index is -3.31. The summed E-state index contributed by atoms with van der Waals surface area (Å²) >= 11 is 0. The summed E-state index contributed by atoms with van der Waals surface area (Å²) in [5.74, 6) is 0. The highest BCUT2D eigenvalue weighted by Gasteiger charge is 2.24. The Labute approximate surface area is 108 Å². The van der Waals surface area contributed by atoms with Crippen molar-refractivity contribution in [2.45, 2.75) is 24.0 Å². The van der Waals surface area contributed by atoms with Crippen molar-refractivity contribution in [1.29, 1.82) is 0 Å². The van der Waals surface area contributed by atoms with Crippen molar-refractivity contribution < 1.29 is 8.42 Å². The fourth-order valence-electron chi connectivity index (χ4n) is 1.84. The van der Waals surface area contributed by atoms with Gasteiger partial charge in [0.05, 0.1) is 10.1 Å². The number of benzene rings is 2. The van der Waals surface area contributed by atoms with E-state index in [9.17, 15) is 8.42 Å². The van der Waals surface area contributed by atoms with Gasteiger partial charge in [-0.15, -0.1) is 0 Å². The average molecular weight is 260 g/mol. The lowest BCUT2D eigenvalue weighted by Gasteiger charge is -2.13. The molecule has 0 aliphatic carbocycles. The molecular weight excluding hydrogens is 244 g/mol. The normalized spacial score (nSPS) is 13.2. The van der Waals surface area contributed by atoms with E-state index < -0.39 is 15.1 Å². The molecule has 0 saturated carbocycles. The van der Waals surface area contributed by atoms with Gasteiger partial charge in [-0.25, -0.2) is 8.42 Å². The third-order valence-electron chi connectivity index (χ3n) is 3.08. The van der Waals surface area contributed by atoms with Gasteiger partial charge >= 0.3 is 0 Å². The zero-order valence-corrected chi connectivity index (χ0v) is 11.3. The van der Waals surface area contributed by atoms with Gasteiger partial charge in [0.25, 0.3) is 0 Å². The fourth-order valence-corrected chi connectivity index (χ4v) is 3.27. The molecule has 0 heterocycles. The molecule has 2 aromatic rings. The largest absolute Gasteiger partial charge is 0.223 e. The highest BCUT2D eigenvalue weighted by Crippen LogP contribution is 2.28. The number of rotatable bonds is 3. The van der Waals surface area contributed by atoms with Gasteiger partial charge in [-0.1, -0.05) is 48.0 Å². The van der Waals surface area contributed by atoms with E-state index in [1.807, 2.05) is 49.4 Å². The molecule has 0 aromatic heterocycles. The van der Waals surface area contributed by atoms with Crippen LogP contribution in [0.1, 0.15) is 23.3 Å². The molecule has 0 aliphatic rings. The molecule has 18 heavy (non-hydrogen) atoms. The lowest BCUT2D eigenvalue weighted by atomic mass is 10.2. The maximum Gasteiger partial charge on any atom is 0.185 e. The van der Waals surface area contributed by atoms with E-state index in [4.69, 9.17) is 0 Å². The zero-order chi connectivity index (χ0) is 13.2. The topological polar surface area (TPSA) is 34.1 Å². The molecule has 94 valence electrons. The maximum absolute atomic E-state index is 12.4. The van der Waals surface area contributed by atoms with Crippen LogP contribution in [0.15, 0.2) is 59.5 Å². The molecule has 0 amide bonds. The van der Waals surface area contributed by atoms with E-state index in [0.717, 1.165) is 11.1 Å². The lowest BCUT2D eigenvalue weighted by Crippen LogP contribution is -2.10. The van der Waals surface area contributed by atoms with Gasteiger partial charge in [-0.05, 0) is 31.5 Å². The number of hydrogen-bond acceptors (Lipinski definition) is 2. The summed E-state index contributed by atoms with van der Waals surface area (Å²) < 4.78 is 24.9. The van der Waals surface area contributed by atoms with Gasteiger partial charge in [0, 0.05) is 0 Å². The Morgan fingerprint density at radius 2 is 1.44 bits per heavy atom. The van der Waals surface area contributed by atoms with Crippen LogP contribution in [-0.4, -0.2) is 8.42 Å². The Hall–Kier alpha value is -1.61. The van der Waals surface area contributed by atoms with Gasteiger partial charge in [0.2, 0.25) is 0 Å². The van der Waals surface area contributed by atoms with Crippen LogP contribution in [0, 0.1) is 6.92 Å². The van der Waals surface area contributed by atoms with Crippen molar-refractivity contribution >= 4 is 9.84 Å². The van der Waals surface area contributed by atoms with E-state index >= 15 is 0 Å². The summed E-state index contributed by atoms with van der Waals surface area (Å²) in [5, 5.41) is -0.526. The molecule has 0 fully saturated rings. The van der Waals surface area contributed by atoms with Gasteiger partial charge in [-0.2, -0.15) is 0 Å². The van der Waals surface area contributed by atoms with Crippen LogP contribution in [-0.2, 0) is 9.84 Å². The van der Waals surface area contributed by atoms with E-state index in [1.54, 1.807) is 19.1 Å². The maximum atomic E-state index is 12.4. The summed E-state index contributed by atoms with van der Waals surface area (Å²) in [7, 11) is -3.31. The molecule has 0 bridgehead atoms. The molecule has 2 rings (SSSR count). The Kier molecular flexibility index (Phi) is 3.53. The van der Waals surface area contributed by atoms with Crippen LogP contribution in [0.25, 0.3) is 0 Å². The molecule has 1 atom stereocenters. The van der Waals surface area contributed by atoms with Crippen molar-refractivity contribution in [2.75, 3.05) is 0 Å². The minimum Gasteiger partial charge on any atom is -0.223 e. The predicted octanol–water partition coefficient (Wildman–Crippen LogP) is 3.53. The Bertz CT molecular complexity index is 613. The molecule has 0 spiro atoms. The molecule has 2 nitrogen and oxygen atoms in total. The first-order chi connectivity index (χ1) is 8.51. The Balaban J connectivity index is 2.40. The van der Waals surface area contributed by atoms with Crippen molar-refractivity contribution in [2.24, 2.45) is 0 Å². The van der Waals surface area contributed by atoms with Gasteiger partial charge in [-0.3, -0.25) is 0 Å². The second-order valence-electron chi connectivity index (χ2n) is 4.41. The third-order valence-corrected chi connectivity index (χ3v) is 5.22. The Morgan fingerprint density at radius 3 is 2.00 bits per heavy atom. The summed E-state index contributed by atoms with van der Waals surface area (Å²) in [4.78, 5) is 0.379. The van der Waals surface area contributed by atoms with Gasteiger partial charge in [0.15, 0.2) is 9.84 Å². The zero-order valence-electron chi connectivity index (χ0n) is 10.5. The van der Waals surface area contributed by atoms with Crippen LogP contribution >= 0.6 is 0 Å². The van der Waals surface area contributed by atoms with E-state index in [0.29, 0.717) is 4.90 Å². The molecule has 0 aliphatic heterocycles. The smallest absolute Gasteiger partial charge is 0.185 e. The van der Waals surface area contributed by atoms with Crippen molar-refractivity contribution in [3.05, 3.63) is 65.7 Å². The first kappa shape index (κ1) is 12.8. The fraction of sp³-hybridized carbons (Fsp3) is 0.200. The third kappa shape index (κ3) is 2.46. The monoisotopic (exact) mass is 260 g/mol. The number of hydrogen-bond donors (Lipinski definition) is 0. The molecule has 2 aromatic carbocycles. The molecular formula is C15H16O2S. The van der Waals surface area contributed by atoms with Crippen LogP contribution in [0.4, 0.5) is 0 Å². The first-order valence-electron chi connectivity index (χ1n) is 5.87. The SMILES string of the molecule is Cc1ccc(S(=O)(=O)[C@@H](C)c2ccccc2)cc1. The molecule has 0 radical (unpaired) electrons. The van der Waals surface area contributed by atoms with Crippen molar-refractivity contribution in [1.82, 2.24) is 0 Å². The van der Waals surface area contributed by atoms with Gasteiger partial charge < -0.3 is 0 Å². The van der Waals surface area contributed by atoms with Crippen LogP contribution in [0.5, 0.6) is 0 Å². The highest BCUT2D eigenvalue weighted by atomic mass is 32.2. The van der Waals surface area contributed by atoms with E-state index in [2.05, 4.69) is 0 Å². The number of aryl methyl sites for hydroxylation is 1. The molecule has 0 saturated heterocycles. The summed E-state index contributed by atoms with van der Waals surface area (Å²) in [6.45, 7) is 3.67. The number of sulfone groups is 1. The molecule has 3 heteroatoms. The summed E-state index contributed by atoms with van der Waals surface area (Å²) in [5.41, 5.74) is 1.87. The molecule has 0 unspecified atom stereocenters. The van der Waals surface area contributed by atoms with Crippen LogP contribution in [0.2, 0.25) is 0 Å². The van der Waals surface area contributed by atoms with Crippen molar-refractivity contribution in [3.63, 3.8) is 0 Å². The van der Waals surface area contributed by atoms with Gasteiger partial charge in [0.1, 0.15) is 0 Å². The summed E-state index contributed by atoms with van der Waals surface area (Å²) in [6, 6.07) is 16.3. The predicted molar refractivity (Wildman–Crippen MR) is 73.2 cm³/mol. The quantitative estimate of drug-likeness (QED) is 0.846. The highest BCUT2D eigenvalue weighted by molar-refractivity contribution is 7.91. The summed E-state index contributed by atoms with van der Waals surface area (Å²) in [6.07, 6.45) is 0. The second kappa shape index (κ2) is 4.94.